The molecular weight excluding hydrogens is 362 g/mol. The van der Waals surface area contributed by atoms with Crippen LogP contribution in [0.25, 0.3) is 6.08 Å². The molecule has 2 bridgehead atoms. The second kappa shape index (κ2) is 7.30. The van der Waals surface area contributed by atoms with Crippen molar-refractivity contribution in [2.45, 2.75) is 31.5 Å². The molecule has 1 N–H and O–H groups in total. The summed E-state index contributed by atoms with van der Waals surface area (Å²) >= 11 is 0. The third-order valence-electron chi connectivity index (χ3n) is 6.74. The van der Waals surface area contributed by atoms with Gasteiger partial charge in [-0.25, -0.2) is 4.98 Å². The van der Waals surface area contributed by atoms with E-state index in [1.807, 2.05) is 42.6 Å². The number of anilines is 1. The van der Waals surface area contributed by atoms with E-state index in [9.17, 15) is 4.79 Å². The Morgan fingerprint density at radius 2 is 2.17 bits per heavy atom. The van der Waals surface area contributed by atoms with E-state index in [1.54, 1.807) is 6.08 Å². The number of aromatic nitrogens is 1. The van der Waals surface area contributed by atoms with E-state index in [4.69, 9.17) is 4.74 Å². The van der Waals surface area contributed by atoms with Gasteiger partial charge in [-0.15, -0.1) is 0 Å². The summed E-state index contributed by atoms with van der Waals surface area (Å²) < 4.78 is 6.49. The molecule has 0 aliphatic carbocycles. The van der Waals surface area contributed by atoms with Crippen molar-refractivity contribution in [3.05, 3.63) is 65.9 Å². The zero-order valence-electron chi connectivity index (χ0n) is 16.8. The number of nitrogens with one attached hydrogen (secondary N) is 1. The standard InChI is InChI=1S/C24H27N3O2/c1-17-7-9-22(25-13-17)27-15-20-19(21-11-12-24(20,16-27)29-21)14-26-23(28)10-8-18-5-3-2-4-6-18/h2-10,13,19-21H,11-12,14-16H2,1H3,(H,26,28)/b10-8+/t19-,20+,21+,24+/m0/s1. The van der Waals surface area contributed by atoms with Crippen LogP contribution in [0.4, 0.5) is 5.82 Å². The Morgan fingerprint density at radius 3 is 2.97 bits per heavy atom. The molecule has 1 aromatic carbocycles. The van der Waals surface area contributed by atoms with Gasteiger partial charge in [-0.3, -0.25) is 4.79 Å². The lowest BCUT2D eigenvalue weighted by Gasteiger charge is -2.29. The third kappa shape index (κ3) is 3.44. The summed E-state index contributed by atoms with van der Waals surface area (Å²) in [6.45, 7) is 4.59. The zero-order valence-corrected chi connectivity index (χ0v) is 16.8. The van der Waals surface area contributed by atoms with Crippen LogP contribution >= 0.6 is 0 Å². The van der Waals surface area contributed by atoms with Gasteiger partial charge < -0.3 is 15.0 Å². The number of rotatable bonds is 5. The predicted octanol–water partition coefficient (Wildman–Crippen LogP) is 3.20. The smallest absolute Gasteiger partial charge is 0.244 e. The normalized spacial score (nSPS) is 30.1. The summed E-state index contributed by atoms with van der Waals surface area (Å²) in [5.41, 5.74) is 2.14. The Labute approximate surface area is 171 Å². The number of hydrogen-bond donors (Lipinski definition) is 1. The van der Waals surface area contributed by atoms with E-state index >= 15 is 0 Å². The molecule has 2 aromatic rings. The molecule has 0 saturated carbocycles. The molecule has 3 fully saturated rings. The lowest BCUT2D eigenvalue weighted by atomic mass is 9.73. The summed E-state index contributed by atoms with van der Waals surface area (Å²) in [5, 5.41) is 3.11. The molecule has 5 rings (SSSR count). The van der Waals surface area contributed by atoms with Crippen molar-refractivity contribution in [3.63, 3.8) is 0 Å². The first kappa shape index (κ1) is 18.4. The fourth-order valence-corrected chi connectivity index (χ4v) is 5.30. The fourth-order valence-electron chi connectivity index (χ4n) is 5.30. The van der Waals surface area contributed by atoms with Crippen LogP contribution in [0.3, 0.4) is 0 Å². The van der Waals surface area contributed by atoms with Gasteiger partial charge in [0.25, 0.3) is 0 Å². The van der Waals surface area contributed by atoms with Gasteiger partial charge >= 0.3 is 0 Å². The molecule has 29 heavy (non-hydrogen) atoms. The highest BCUT2D eigenvalue weighted by molar-refractivity contribution is 5.91. The molecule has 3 saturated heterocycles. The highest BCUT2D eigenvalue weighted by atomic mass is 16.5. The monoisotopic (exact) mass is 389 g/mol. The average molecular weight is 389 g/mol. The first-order valence-electron chi connectivity index (χ1n) is 10.5. The van der Waals surface area contributed by atoms with Gasteiger partial charge in [-0.1, -0.05) is 36.4 Å². The molecule has 3 aliphatic heterocycles. The zero-order chi connectivity index (χ0) is 19.8. The minimum Gasteiger partial charge on any atom is -0.369 e. The van der Waals surface area contributed by atoms with E-state index in [2.05, 4.69) is 34.3 Å². The number of aryl methyl sites for hydroxylation is 1. The fraction of sp³-hybridized carbons (Fsp3) is 0.417. The van der Waals surface area contributed by atoms with Gasteiger partial charge in [-0.2, -0.15) is 0 Å². The molecule has 5 heteroatoms. The van der Waals surface area contributed by atoms with Crippen molar-refractivity contribution in [1.82, 2.24) is 10.3 Å². The van der Waals surface area contributed by atoms with E-state index in [0.717, 1.165) is 37.3 Å². The topological polar surface area (TPSA) is 54.5 Å². The Balaban J connectivity index is 1.23. The molecule has 1 spiro atoms. The van der Waals surface area contributed by atoms with Crippen molar-refractivity contribution < 1.29 is 9.53 Å². The molecule has 4 atom stereocenters. The van der Waals surface area contributed by atoms with Crippen molar-refractivity contribution in [3.8, 4) is 0 Å². The van der Waals surface area contributed by atoms with Crippen LogP contribution in [0.1, 0.15) is 24.0 Å². The second-order valence-electron chi connectivity index (χ2n) is 8.59. The molecule has 1 aromatic heterocycles. The Bertz CT molecular complexity index is 911. The molecule has 150 valence electrons. The molecule has 1 amide bonds. The quantitative estimate of drug-likeness (QED) is 0.798. The Hall–Kier alpha value is -2.66. The lowest BCUT2D eigenvalue weighted by Crippen LogP contribution is -2.41. The number of nitrogens with zero attached hydrogens (tertiary/aromatic N) is 2. The molecule has 4 heterocycles. The van der Waals surface area contributed by atoms with E-state index in [-0.39, 0.29) is 17.6 Å². The van der Waals surface area contributed by atoms with Gasteiger partial charge in [0.05, 0.1) is 11.7 Å². The van der Waals surface area contributed by atoms with Crippen LogP contribution in [0.2, 0.25) is 0 Å². The van der Waals surface area contributed by atoms with Gasteiger partial charge in [0.2, 0.25) is 5.91 Å². The summed E-state index contributed by atoms with van der Waals surface area (Å²) in [6.07, 6.45) is 7.88. The number of hydrogen-bond acceptors (Lipinski definition) is 4. The minimum absolute atomic E-state index is 0.0410. The van der Waals surface area contributed by atoms with Crippen molar-refractivity contribution in [2.24, 2.45) is 11.8 Å². The van der Waals surface area contributed by atoms with Crippen molar-refractivity contribution in [1.29, 1.82) is 0 Å². The van der Waals surface area contributed by atoms with E-state index < -0.39 is 0 Å². The highest BCUT2D eigenvalue weighted by Gasteiger charge is 2.63. The molecule has 3 aliphatic rings. The first-order valence-corrected chi connectivity index (χ1v) is 10.5. The van der Waals surface area contributed by atoms with E-state index in [0.29, 0.717) is 18.4 Å². The average Bonchev–Trinajstić information content (AvgIpc) is 3.40. The molecule has 0 unspecified atom stereocenters. The lowest BCUT2D eigenvalue weighted by molar-refractivity contribution is -0.116. The Morgan fingerprint density at radius 1 is 1.31 bits per heavy atom. The van der Waals surface area contributed by atoms with Crippen LogP contribution in [-0.2, 0) is 9.53 Å². The molecule has 0 radical (unpaired) electrons. The molecular formula is C24H27N3O2. The highest BCUT2D eigenvalue weighted by Crippen LogP contribution is 2.55. The summed E-state index contributed by atoms with van der Waals surface area (Å²) in [5.74, 6) is 1.80. The third-order valence-corrected chi connectivity index (χ3v) is 6.74. The predicted molar refractivity (Wildman–Crippen MR) is 113 cm³/mol. The van der Waals surface area contributed by atoms with Crippen LogP contribution < -0.4 is 10.2 Å². The molecule has 5 nitrogen and oxygen atoms in total. The number of benzene rings is 1. The summed E-state index contributed by atoms with van der Waals surface area (Å²) in [4.78, 5) is 19.3. The summed E-state index contributed by atoms with van der Waals surface area (Å²) in [6, 6.07) is 14.1. The number of ether oxygens (including phenoxy) is 1. The van der Waals surface area contributed by atoms with Gasteiger partial charge in [0.15, 0.2) is 0 Å². The van der Waals surface area contributed by atoms with Crippen LogP contribution in [0.5, 0.6) is 0 Å². The van der Waals surface area contributed by atoms with Crippen LogP contribution in [0.15, 0.2) is 54.7 Å². The maximum Gasteiger partial charge on any atom is 0.244 e. The number of carbonyl (C=O) groups excluding carboxylic acids is 1. The van der Waals surface area contributed by atoms with Crippen molar-refractivity contribution in [2.75, 3.05) is 24.5 Å². The number of pyridine rings is 1. The van der Waals surface area contributed by atoms with Gasteiger partial charge in [0, 0.05) is 43.7 Å². The number of fused-ring (bicyclic) bond motifs is 1. The van der Waals surface area contributed by atoms with Crippen LogP contribution in [0, 0.1) is 18.8 Å². The van der Waals surface area contributed by atoms with Crippen LogP contribution in [-0.4, -0.2) is 42.2 Å². The Kier molecular flexibility index (Phi) is 4.63. The maximum absolute atomic E-state index is 12.3. The van der Waals surface area contributed by atoms with Crippen molar-refractivity contribution >= 4 is 17.8 Å². The SMILES string of the molecule is Cc1ccc(N2C[C@@H]3[C@H](CNC(=O)/C=C/c4ccccc4)[C@H]4CC[C@]3(C2)O4)nc1. The summed E-state index contributed by atoms with van der Waals surface area (Å²) in [7, 11) is 0. The second-order valence-corrected chi connectivity index (χ2v) is 8.59. The van der Waals surface area contributed by atoms with E-state index in [1.165, 1.54) is 5.56 Å². The first-order chi connectivity index (χ1) is 14.1. The largest absolute Gasteiger partial charge is 0.369 e. The van der Waals surface area contributed by atoms with Gasteiger partial charge in [0.1, 0.15) is 5.82 Å². The maximum atomic E-state index is 12.3. The minimum atomic E-state index is -0.0630. The number of carbonyl (C=O) groups is 1. The van der Waals surface area contributed by atoms with Gasteiger partial charge in [-0.05, 0) is 43.0 Å². The number of amides is 1.